The van der Waals surface area contributed by atoms with Crippen LogP contribution in [0.3, 0.4) is 0 Å². The van der Waals surface area contributed by atoms with Crippen molar-refractivity contribution in [2.24, 2.45) is 5.73 Å². The fraction of sp³-hybridized carbons (Fsp3) is 0.538. The molecule has 108 valence electrons. The highest BCUT2D eigenvalue weighted by atomic mass is 19.4. The van der Waals surface area contributed by atoms with E-state index in [0.29, 0.717) is 5.56 Å². The molecule has 2 atom stereocenters. The average molecular weight is 277 g/mol. The monoisotopic (exact) mass is 277 g/mol. The van der Waals surface area contributed by atoms with Crippen LogP contribution in [0.2, 0.25) is 0 Å². The van der Waals surface area contributed by atoms with Crippen LogP contribution in [-0.2, 0) is 6.42 Å². The number of hydrogen-bond acceptors (Lipinski definition) is 3. The minimum atomic E-state index is -4.53. The Labute approximate surface area is 110 Å². The van der Waals surface area contributed by atoms with Gasteiger partial charge in [-0.1, -0.05) is 25.1 Å². The van der Waals surface area contributed by atoms with Gasteiger partial charge in [0.2, 0.25) is 6.10 Å². The Morgan fingerprint density at radius 1 is 1.32 bits per heavy atom. The fourth-order valence-electron chi connectivity index (χ4n) is 1.69. The molecular formula is C13H18F3NO2. The number of aliphatic hydroxyl groups excluding tert-OH is 1. The molecule has 0 aliphatic carbocycles. The molecule has 1 aromatic rings. The van der Waals surface area contributed by atoms with Crippen molar-refractivity contribution in [1.29, 1.82) is 0 Å². The first-order chi connectivity index (χ1) is 8.90. The zero-order chi connectivity index (χ0) is 14.5. The first-order valence-corrected chi connectivity index (χ1v) is 6.07. The number of hydrogen-bond donors (Lipinski definition) is 2. The average Bonchev–Trinajstić information content (AvgIpc) is 2.35. The summed E-state index contributed by atoms with van der Waals surface area (Å²) in [6.07, 6.45) is -6.17. The Morgan fingerprint density at radius 2 is 1.95 bits per heavy atom. The number of alkyl halides is 3. The topological polar surface area (TPSA) is 55.5 Å². The number of benzene rings is 1. The van der Waals surface area contributed by atoms with Gasteiger partial charge in [0.15, 0.2) is 0 Å². The summed E-state index contributed by atoms with van der Waals surface area (Å²) in [6, 6.07) is 5.21. The minimum Gasteiger partial charge on any atom is -0.479 e. The smallest absolute Gasteiger partial charge is 0.426 e. The van der Waals surface area contributed by atoms with Crippen LogP contribution in [0, 0.1) is 0 Å². The Bertz CT molecular complexity index is 396. The third-order valence-corrected chi connectivity index (χ3v) is 2.79. The normalized spacial score (nSPS) is 15.1. The van der Waals surface area contributed by atoms with Gasteiger partial charge >= 0.3 is 6.18 Å². The van der Waals surface area contributed by atoms with Crippen molar-refractivity contribution in [3.8, 4) is 5.75 Å². The summed E-state index contributed by atoms with van der Waals surface area (Å²) in [5.74, 6) is 0.114. The Kier molecular flexibility index (Phi) is 5.62. The number of aliphatic hydroxyl groups is 1. The molecule has 0 saturated carbocycles. The van der Waals surface area contributed by atoms with E-state index < -0.39 is 18.3 Å². The van der Waals surface area contributed by atoms with Crippen LogP contribution in [0.1, 0.15) is 18.9 Å². The van der Waals surface area contributed by atoms with Crippen molar-refractivity contribution < 1.29 is 23.0 Å². The molecule has 0 radical (unpaired) electrons. The standard InChI is InChI=1S/C13H18F3NO2/c1-2-10(17)12(13(14,15)16)19-11-6-4-3-5-9(11)7-8-18/h3-6,10,12,18H,2,7-8,17H2,1H3. The van der Waals surface area contributed by atoms with Gasteiger partial charge in [0, 0.05) is 6.61 Å². The summed E-state index contributed by atoms with van der Waals surface area (Å²) in [5.41, 5.74) is 6.01. The van der Waals surface area contributed by atoms with Crippen molar-refractivity contribution >= 4 is 0 Å². The second kappa shape index (κ2) is 6.77. The highest BCUT2D eigenvalue weighted by molar-refractivity contribution is 5.33. The highest BCUT2D eigenvalue weighted by Gasteiger charge is 2.45. The van der Waals surface area contributed by atoms with E-state index in [4.69, 9.17) is 15.6 Å². The summed E-state index contributed by atoms with van der Waals surface area (Å²) in [7, 11) is 0. The van der Waals surface area contributed by atoms with E-state index in [2.05, 4.69) is 0 Å². The third kappa shape index (κ3) is 4.40. The molecule has 1 aromatic carbocycles. The van der Waals surface area contributed by atoms with E-state index in [9.17, 15) is 13.2 Å². The lowest BCUT2D eigenvalue weighted by atomic mass is 10.1. The molecular weight excluding hydrogens is 259 g/mol. The molecule has 1 rings (SSSR count). The Morgan fingerprint density at radius 3 is 2.47 bits per heavy atom. The summed E-state index contributed by atoms with van der Waals surface area (Å²) in [6.45, 7) is 1.42. The van der Waals surface area contributed by atoms with E-state index in [1.54, 1.807) is 25.1 Å². The van der Waals surface area contributed by atoms with E-state index >= 15 is 0 Å². The molecule has 3 N–H and O–H groups in total. The molecule has 0 saturated heterocycles. The third-order valence-electron chi connectivity index (χ3n) is 2.79. The summed E-state index contributed by atoms with van der Waals surface area (Å²) < 4.78 is 43.8. The van der Waals surface area contributed by atoms with Crippen molar-refractivity contribution in [2.45, 2.75) is 38.1 Å². The molecule has 6 heteroatoms. The molecule has 0 aliphatic heterocycles. The molecule has 0 amide bonds. The van der Waals surface area contributed by atoms with Gasteiger partial charge in [0.25, 0.3) is 0 Å². The van der Waals surface area contributed by atoms with Crippen molar-refractivity contribution in [1.82, 2.24) is 0 Å². The Balaban J connectivity index is 2.96. The van der Waals surface area contributed by atoms with Crippen molar-refractivity contribution in [3.63, 3.8) is 0 Å². The van der Waals surface area contributed by atoms with Gasteiger partial charge in [-0.3, -0.25) is 0 Å². The maximum atomic E-state index is 12.9. The largest absolute Gasteiger partial charge is 0.479 e. The van der Waals surface area contributed by atoms with E-state index in [0.717, 1.165) is 0 Å². The van der Waals surface area contributed by atoms with Crippen LogP contribution < -0.4 is 10.5 Å². The van der Waals surface area contributed by atoms with Crippen molar-refractivity contribution in [2.75, 3.05) is 6.61 Å². The minimum absolute atomic E-state index is 0.114. The first-order valence-electron chi connectivity index (χ1n) is 6.07. The van der Waals surface area contributed by atoms with Gasteiger partial charge in [0.1, 0.15) is 5.75 Å². The van der Waals surface area contributed by atoms with Crippen LogP contribution in [0.15, 0.2) is 24.3 Å². The molecule has 3 nitrogen and oxygen atoms in total. The van der Waals surface area contributed by atoms with Gasteiger partial charge in [0.05, 0.1) is 6.04 Å². The van der Waals surface area contributed by atoms with Crippen LogP contribution in [0.25, 0.3) is 0 Å². The highest BCUT2D eigenvalue weighted by Crippen LogP contribution is 2.29. The number of ether oxygens (including phenoxy) is 1. The second-order valence-electron chi connectivity index (χ2n) is 4.23. The molecule has 0 spiro atoms. The van der Waals surface area contributed by atoms with Gasteiger partial charge in [-0.05, 0) is 24.5 Å². The number of nitrogens with two attached hydrogens (primary N) is 1. The predicted molar refractivity (Wildman–Crippen MR) is 66.0 cm³/mol. The van der Waals surface area contributed by atoms with E-state index in [1.165, 1.54) is 6.07 Å². The molecule has 2 unspecified atom stereocenters. The zero-order valence-corrected chi connectivity index (χ0v) is 10.7. The van der Waals surface area contributed by atoms with Crippen LogP contribution >= 0.6 is 0 Å². The summed E-state index contributed by atoms with van der Waals surface area (Å²) >= 11 is 0. The summed E-state index contributed by atoms with van der Waals surface area (Å²) in [4.78, 5) is 0. The zero-order valence-electron chi connectivity index (χ0n) is 10.7. The molecule has 0 fully saturated rings. The lowest BCUT2D eigenvalue weighted by Gasteiger charge is -2.27. The molecule has 19 heavy (non-hydrogen) atoms. The molecule has 0 bridgehead atoms. The quantitative estimate of drug-likeness (QED) is 0.838. The van der Waals surface area contributed by atoms with Gasteiger partial charge in [-0.25, -0.2) is 0 Å². The van der Waals surface area contributed by atoms with Crippen LogP contribution in [-0.4, -0.2) is 30.0 Å². The maximum absolute atomic E-state index is 12.9. The summed E-state index contributed by atoms with van der Waals surface area (Å²) in [5, 5.41) is 8.89. The van der Waals surface area contributed by atoms with Crippen LogP contribution in [0.4, 0.5) is 13.2 Å². The number of rotatable bonds is 6. The lowest BCUT2D eigenvalue weighted by molar-refractivity contribution is -0.201. The Hall–Kier alpha value is -1.27. The molecule has 0 heterocycles. The second-order valence-corrected chi connectivity index (χ2v) is 4.23. The molecule has 0 aromatic heterocycles. The first kappa shape index (κ1) is 15.8. The fourth-order valence-corrected chi connectivity index (χ4v) is 1.69. The SMILES string of the molecule is CCC(N)C(Oc1ccccc1CCO)C(F)(F)F. The predicted octanol–water partition coefficient (Wildman–Crippen LogP) is 2.27. The maximum Gasteiger partial charge on any atom is 0.426 e. The number of halogens is 3. The number of para-hydroxylation sites is 1. The van der Waals surface area contributed by atoms with Gasteiger partial charge in [-0.15, -0.1) is 0 Å². The van der Waals surface area contributed by atoms with Crippen LogP contribution in [0.5, 0.6) is 5.75 Å². The van der Waals surface area contributed by atoms with Gasteiger partial charge < -0.3 is 15.6 Å². The molecule has 0 aliphatic rings. The van der Waals surface area contributed by atoms with Crippen molar-refractivity contribution in [3.05, 3.63) is 29.8 Å². The van der Waals surface area contributed by atoms with E-state index in [-0.39, 0.29) is 25.2 Å². The lowest BCUT2D eigenvalue weighted by Crippen LogP contribution is -2.48. The van der Waals surface area contributed by atoms with Gasteiger partial charge in [-0.2, -0.15) is 13.2 Å². The van der Waals surface area contributed by atoms with E-state index in [1.807, 2.05) is 0 Å².